The van der Waals surface area contributed by atoms with Crippen LogP contribution in [-0.4, -0.2) is 49.5 Å². The molecule has 0 bridgehead atoms. The van der Waals surface area contributed by atoms with Gasteiger partial charge in [0, 0.05) is 42.2 Å². The molecule has 0 saturated carbocycles. The summed E-state index contributed by atoms with van der Waals surface area (Å²) in [7, 11) is 6.36. The molecule has 0 saturated heterocycles. The molecule has 3 rings (SSSR count). The van der Waals surface area contributed by atoms with E-state index in [1.165, 1.54) is 28.1 Å². The minimum Gasteiger partial charge on any atom is -0.334 e. The number of fused-ring (bicyclic) bond motifs is 3. The Morgan fingerprint density at radius 1 is 1.26 bits per heavy atom. The fourth-order valence-corrected chi connectivity index (χ4v) is 4.65. The Balaban J connectivity index is 0.00000132. The molecule has 130 valence electrons. The number of nitrogens with one attached hydrogen (secondary N) is 1. The second-order valence-electron chi connectivity index (χ2n) is 6.08. The number of halogens is 2. The zero-order chi connectivity index (χ0) is 14.8. The number of nitrogens with zero attached hydrogens (tertiary/aromatic N) is 2. The molecular weight excluding hydrogens is 349 g/mol. The zero-order valence-corrected chi connectivity index (χ0v) is 16.5. The van der Waals surface area contributed by atoms with E-state index >= 15 is 0 Å². The summed E-state index contributed by atoms with van der Waals surface area (Å²) in [6.45, 7) is 3.24. The van der Waals surface area contributed by atoms with E-state index in [4.69, 9.17) is 0 Å². The first-order chi connectivity index (χ1) is 10.2. The Morgan fingerprint density at radius 2 is 2.00 bits per heavy atom. The lowest BCUT2D eigenvalue weighted by Crippen LogP contribution is -2.22. The van der Waals surface area contributed by atoms with Crippen molar-refractivity contribution in [1.29, 1.82) is 0 Å². The van der Waals surface area contributed by atoms with Crippen LogP contribution in [0.5, 0.6) is 0 Å². The highest BCUT2D eigenvalue weighted by atomic mass is 35.5. The molecule has 1 aromatic carbocycles. The molecule has 0 fully saturated rings. The quantitative estimate of drug-likeness (QED) is 0.856. The molecule has 1 unspecified atom stereocenters. The van der Waals surface area contributed by atoms with E-state index in [1.54, 1.807) is 5.56 Å². The molecule has 1 aliphatic heterocycles. The van der Waals surface area contributed by atoms with Crippen LogP contribution in [-0.2, 0) is 6.54 Å². The average Bonchev–Trinajstić information content (AvgIpc) is 2.80. The van der Waals surface area contributed by atoms with Crippen LogP contribution in [0, 0.1) is 0 Å². The Bertz CT molecular complexity index is 628. The number of hydrogen-bond acceptors (Lipinski definition) is 3. The van der Waals surface area contributed by atoms with Gasteiger partial charge in [-0.05, 0) is 39.2 Å². The van der Waals surface area contributed by atoms with Gasteiger partial charge in [-0.15, -0.1) is 36.6 Å². The topological polar surface area (TPSA) is 20.2 Å². The maximum atomic E-state index is 3.38. The van der Waals surface area contributed by atoms with Crippen LogP contribution in [0.2, 0.25) is 0 Å². The predicted molar refractivity (Wildman–Crippen MR) is 107 cm³/mol. The highest BCUT2D eigenvalue weighted by molar-refractivity contribution is 7.99. The van der Waals surface area contributed by atoms with Crippen molar-refractivity contribution in [2.75, 3.05) is 40.0 Å². The summed E-state index contributed by atoms with van der Waals surface area (Å²) >= 11 is 2.04. The van der Waals surface area contributed by atoms with Gasteiger partial charge in [-0.1, -0.05) is 18.2 Å². The number of rotatable bonds is 5. The van der Waals surface area contributed by atoms with Crippen LogP contribution in [0.15, 0.2) is 29.3 Å². The largest absolute Gasteiger partial charge is 0.334 e. The van der Waals surface area contributed by atoms with Crippen molar-refractivity contribution in [3.8, 4) is 0 Å². The fourth-order valence-electron chi connectivity index (χ4n) is 3.27. The first kappa shape index (κ1) is 20.7. The highest BCUT2D eigenvalue weighted by Crippen LogP contribution is 2.43. The van der Waals surface area contributed by atoms with Crippen molar-refractivity contribution in [1.82, 2.24) is 14.8 Å². The average molecular weight is 376 g/mol. The van der Waals surface area contributed by atoms with Crippen molar-refractivity contribution in [2.45, 2.75) is 23.9 Å². The third-order valence-electron chi connectivity index (χ3n) is 4.30. The van der Waals surface area contributed by atoms with Gasteiger partial charge in [0.15, 0.2) is 0 Å². The Morgan fingerprint density at radius 3 is 2.70 bits per heavy atom. The summed E-state index contributed by atoms with van der Waals surface area (Å²) in [5.41, 5.74) is 2.98. The van der Waals surface area contributed by atoms with E-state index in [2.05, 4.69) is 60.2 Å². The molecule has 1 aliphatic rings. The smallest absolute Gasteiger partial charge is 0.0795 e. The maximum Gasteiger partial charge on any atom is 0.0795 e. The van der Waals surface area contributed by atoms with Crippen LogP contribution < -0.4 is 5.32 Å². The van der Waals surface area contributed by atoms with E-state index in [0.29, 0.717) is 5.92 Å². The lowest BCUT2D eigenvalue weighted by molar-refractivity contribution is 0.380. The van der Waals surface area contributed by atoms with E-state index in [0.717, 1.165) is 19.6 Å². The molecule has 23 heavy (non-hydrogen) atoms. The summed E-state index contributed by atoms with van der Waals surface area (Å²) in [5, 5.41) is 6.34. The lowest BCUT2D eigenvalue weighted by Gasteiger charge is -2.24. The van der Waals surface area contributed by atoms with Crippen LogP contribution in [0.4, 0.5) is 0 Å². The molecule has 0 spiro atoms. The molecule has 0 radical (unpaired) electrons. The Kier molecular flexibility index (Phi) is 8.25. The highest BCUT2D eigenvalue weighted by Gasteiger charge is 2.27. The lowest BCUT2D eigenvalue weighted by atomic mass is 9.95. The molecule has 0 amide bonds. The standard InChI is InChI=1S/C17H25N3S.2ClH/c1-18-12-13-8-11-21-17-16(13)14-6-4-5-7-15(14)20(17)10-9-19(2)3;;/h4-7,13,18H,8-12H2,1-3H3;2*1H. The number of para-hydroxylation sites is 1. The van der Waals surface area contributed by atoms with Crippen molar-refractivity contribution in [3.05, 3.63) is 29.8 Å². The van der Waals surface area contributed by atoms with E-state index in [-0.39, 0.29) is 24.8 Å². The number of likely N-dealkylation sites (N-methyl/N-ethyl adjacent to an activating group) is 2. The summed E-state index contributed by atoms with van der Waals surface area (Å²) < 4.78 is 2.54. The van der Waals surface area contributed by atoms with Crippen molar-refractivity contribution in [2.24, 2.45) is 0 Å². The normalized spacial score (nSPS) is 16.8. The first-order valence-corrected chi connectivity index (χ1v) is 8.74. The van der Waals surface area contributed by atoms with E-state index < -0.39 is 0 Å². The second-order valence-corrected chi connectivity index (χ2v) is 7.17. The molecule has 0 aliphatic carbocycles. The number of aromatic nitrogens is 1. The second kappa shape index (κ2) is 9.19. The van der Waals surface area contributed by atoms with Crippen molar-refractivity contribution in [3.63, 3.8) is 0 Å². The maximum absolute atomic E-state index is 3.38. The SMILES string of the molecule is CNCC1CCSc2c1c1ccccc1n2CCN(C)C.Cl.Cl. The van der Waals surface area contributed by atoms with E-state index in [9.17, 15) is 0 Å². The summed E-state index contributed by atoms with van der Waals surface area (Å²) in [6, 6.07) is 8.92. The van der Waals surface area contributed by atoms with Crippen molar-refractivity contribution < 1.29 is 0 Å². The van der Waals surface area contributed by atoms with Gasteiger partial charge in [0.25, 0.3) is 0 Å². The minimum absolute atomic E-state index is 0. The number of benzene rings is 1. The molecule has 2 heterocycles. The van der Waals surface area contributed by atoms with Crippen molar-refractivity contribution >= 4 is 47.5 Å². The Hall–Kier alpha value is -0.390. The fraction of sp³-hybridized carbons (Fsp3) is 0.529. The molecule has 1 aromatic heterocycles. The van der Waals surface area contributed by atoms with Crippen LogP contribution in [0.1, 0.15) is 17.9 Å². The molecule has 2 aromatic rings. The van der Waals surface area contributed by atoms with Gasteiger partial charge in [-0.3, -0.25) is 0 Å². The summed E-state index contributed by atoms with van der Waals surface area (Å²) in [5.74, 6) is 1.88. The van der Waals surface area contributed by atoms with Gasteiger partial charge in [0.05, 0.1) is 5.03 Å². The molecule has 6 heteroatoms. The van der Waals surface area contributed by atoms with Gasteiger partial charge in [0.2, 0.25) is 0 Å². The van der Waals surface area contributed by atoms with Crippen LogP contribution >= 0.6 is 36.6 Å². The van der Waals surface area contributed by atoms with Crippen LogP contribution in [0.25, 0.3) is 10.9 Å². The van der Waals surface area contributed by atoms with Gasteiger partial charge < -0.3 is 14.8 Å². The van der Waals surface area contributed by atoms with Crippen LogP contribution in [0.3, 0.4) is 0 Å². The number of hydrogen-bond donors (Lipinski definition) is 1. The molecule has 1 atom stereocenters. The summed E-state index contributed by atoms with van der Waals surface area (Å²) in [4.78, 5) is 2.26. The predicted octanol–water partition coefficient (Wildman–Crippen LogP) is 3.85. The number of thioether (sulfide) groups is 1. The molecular formula is C17H27Cl2N3S. The monoisotopic (exact) mass is 375 g/mol. The zero-order valence-electron chi connectivity index (χ0n) is 14.0. The minimum atomic E-state index is 0. The summed E-state index contributed by atoms with van der Waals surface area (Å²) in [6.07, 6.45) is 1.28. The molecule has 1 N–H and O–H groups in total. The van der Waals surface area contributed by atoms with Gasteiger partial charge in [-0.2, -0.15) is 0 Å². The van der Waals surface area contributed by atoms with Gasteiger partial charge >= 0.3 is 0 Å². The molecule has 3 nitrogen and oxygen atoms in total. The third-order valence-corrected chi connectivity index (χ3v) is 5.45. The van der Waals surface area contributed by atoms with Gasteiger partial charge in [0.1, 0.15) is 0 Å². The first-order valence-electron chi connectivity index (χ1n) is 7.75. The van der Waals surface area contributed by atoms with E-state index in [1.807, 2.05) is 11.8 Å². The Labute approximate surface area is 156 Å². The van der Waals surface area contributed by atoms with Gasteiger partial charge in [-0.25, -0.2) is 0 Å². The third kappa shape index (κ3) is 4.18.